The molecule has 2 aromatic rings. The predicted octanol–water partition coefficient (Wildman–Crippen LogP) is 0.0837. The average molecular weight is 282 g/mol. The van der Waals surface area contributed by atoms with Gasteiger partial charge in [-0.05, 0) is 19.1 Å². The average Bonchev–Trinajstić information content (AvgIpc) is 2.26. The van der Waals surface area contributed by atoms with Crippen molar-refractivity contribution in [3.63, 3.8) is 0 Å². The van der Waals surface area contributed by atoms with Crippen LogP contribution in [0.25, 0.3) is 10.9 Å². The number of aromatic amines is 1. The first kappa shape index (κ1) is 13.2. The van der Waals surface area contributed by atoms with Crippen molar-refractivity contribution in [3.8, 4) is 5.75 Å². The molecule has 0 fully saturated rings. The van der Waals surface area contributed by atoms with Crippen LogP contribution in [-0.2, 0) is 10.0 Å². The summed E-state index contributed by atoms with van der Waals surface area (Å²) >= 11 is 0. The van der Waals surface area contributed by atoms with E-state index in [1.54, 1.807) is 0 Å². The summed E-state index contributed by atoms with van der Waals surface area (Å²) in [5, 5.41) is 15.0. The molecule has 1 aromatic heterocycles. The van der Waals surface area contributed by atoms with E-state index >= 15 is 0 Å². The summed E-state index contributed by atoms with van der Waals surface area (Å²) < 4.78 is 22.8. The molecule has 1 heterocycles. The Morgan fingerprint density at radius 1 is 1.37 bits per heavy atom. The summed E-state index contributed by atoms with van der Waals surface area (Å²) in [5.41, 5.74) is -1.41. The minimum atomic E-state index is -4.06. The van der Waals surface area contributed by atoms with Crippen molar-refractivity contribution in [1.82, 2.24) is 4.98 Å². The largest absolute Gasteiger partial charge is 0.506 e. The summed E-state index contributed by atoms with van der Waals surface area (Å²) in [7, 11) is -4.06. The van der Waals surface area contributed by atoms with Gasteiger partial charge in [-0.3, -0.25) is 9.59 Å². The molecule has 7 nitrogen and oxygen atoms in total. The second-order valence-corrected chi connectivity index (χ2v) is 5.49. The lowest BCUT2D eigenvalue weighted by atomic mass is 10.1. The minimum absolute atomic E-state index is 0.0383. The topological polar surface area (TPSA) is 130 Å². The second kappa shape index (κ2) is 4.18. The maximum Gasteiger partial charge on any atom is 0.263 e. The van der Waals surface area contributed by atoms with Gasteiger partial charge >= 0.3 is 0 Å². The molecule has 0 aliphatic heterocycles. The molecular formula is C11H10N2O5S. The number of primary sulfonamides is 1. The van der Waals surface area contributed by atoms with E-state index in [2.05, 4.69) is 4.98 Å². The highest BCUT2D eigenvalue weighted by Crippen LogP contribution is 2.28. The number of benzene rings is 1. The molecule has 0 aliphatic rings. The molecule has 0 atom stereocenters. The zero-order chi connectivity index (χ0) is 14.4. The second-order valence-electron chi connectivity index (χ2n) is 3.96. The van der Waals surface area contributed by atoms with Gasteiger partial charge in [0.05, 0.1) is 5.52 Å². The Hall–Kier alpha value is -2.19. The number of Topliss-reactive ketones (excluding diaryl/α,β-unsaturated/α-hetero) is 1. The molecule has 4 N–H and O–H groups in total. The van der Waals surface area contributed by atoms with E-state index in [0.717, 1.165) is 6.92 Å². The van der Waals surface area contributed by atoms with E-state index in [1.807, 2.05) is 0 Å². The molecule has 100 valence electrons. The third kappa shape index (κ3) is 2.11. The first-order valence-electron chi connectivity index (χ1n) is 5.15. The van der Waals surface area contributed by atoms with Gasteiger partial charge < -0.3 is 10.1 Å². The van der Waals surface area contributed by atoms with Crippen molar-refractivity contribution in [2.45, 2.75) is 11.8 Å². The number of ketones is 1. The van der Waals surface area contributed by atoms with E-state index in [-0.39, 0.29) is 15.8 Å². The van der Waals surface area contributed by atoms with Gasteiger partial charge in [0.25, 0.3) is 5.56 Å². The molecule has 0 radical (unpaired) electrons. The lowest BCUT2D eigenvalue weighted by molar-refractivity contribution is 0.101. The predicted molar refractivity (Wildman–Crippen MR) is 67.6 cm³/mol. The fourth-order valence-corrected chi connectivity index (χ4v) is 2.55. The van der Waals surface area contributed by atoms with Gasteiger partial charge in [0.15, 0.2) is 5.78 Å². The zero-order valence-corrected chi connectivity index (χ0v) is 10.6. The Labute approximate surface area is 107 Å². The Balaban J connectivity index is 3.05. The number of rotatable bonds is 2. The van der Waals surface area contributed by atoms with Crippen molar-refractivity contribution in [3.05, 3.63) is 34.1 Å². The van der Waals surface area contributed by atoms with Gasteiger partial charge in [-0.2, -0.15) is 0 Å². The van der Waals surface area contributed by atoms with E-state index in [0.29, 0.717) is 0 Å². The quantitative estimate of drug-likeness (QED) is 0.671. The van der Waals surface area contributed by atoms with Gasteiger partial charge in [0.2, 0.25) is 10.0 Å². The Kier molecular flexibility index (Phi) is 2.91. The highest BCUT2D eigenvalue weighted by molar-refractivity contribution is 7.89. The summed E-state index contributed by atoms with van der Waals surface area (Å²) in [5.74, 6) is -1.18. The summed E-state index contributed by atoms with van der Waals surface area (Å²) in [6.45, 7) is 1.12. The van der Waals surface area contributed by atoms with Gasteiger partial charge in [-0.25, -0.2) is 13.6 Å². The monoisotopic (exact) mass is 282 g/mol. The van der Waals surface area contributed by atoms with Crippen LogP contribution in [-0.4, -0.2) is 24.3 Å². The molecule has 0 saturated carbocycles. The number of hydrogen-bond acceptors (Lipinski definition) is 5. The van der Waals surface area contributed by atoms with Crippen molar-refractivity contribution in [2.24, 2.45) is 5.14 Å². The minimum Gasteiger partial charge on any atom is -0.506 e. The Morgan fingerprint density at radius 2 is 2.00 bits per heavy atom. The van der Waals surface area contributed by atoms with Crippen molar-refractivity contribution >= 4 is 26.7 Å². The molecule has 0 amide bonds. The van der Waals surface area contributed by atoms with Gasteiger partial charge in [-0.1, -0.05) is 6.07 Å². The van der Waals surface area contributed by atoms with E-state index in [9.17, 15) is 23.1 Å². The van der Waals surface area contributed by atoms with Crippen LogP contribution in [0, 0.1) is 0 Å². The van der Waals surface area contributed by atoms with Crippen LogP contribution in [0.5, 0.6) is 5.75 Å². The van der Waals surface area contributed by atoms with E-state index in [4.69, 9.17) is 5.14 Å². The summed E-state index contributed by atoms with van der Waals surface area (Å²) in [6.07, 6.45) is 0. The summed E-state index contributed by atoms with van der Waals surface area (Å²) in [4.78, 5) is 24.9. The molecule has 2 rings (SSSR count). The number of nitrogens with two attached hydrogens (primary N) is 1. The zero-order valence-electron chi connectivity index (χ0n) is 9.80. The maximum absolute atomic E-state index is 11.7. The summed E-state index contributed by atoms with van der Waals surface area (Å²) in [6, 6.07) is 3.92. The van der Waals surface area contributed by atoms with Crippen molar-refractivity contribution < 1.29 is 18.3 Å². The van der Waals surface area contributed by atoms with Crippen LogP contribution < -0.4 is 10.7 Å². The van der Waals surface area contributed by atoms with Gasteiger partial charge in [0.1, 0.15) is 16.2 Å². The van der Waals surface area contributed by atoms with Crippen LogP contribution in [0.15, 0.2) is 27.9 Å². The first-order valence-corrected chi connectivity index (χ1v) is 6.70. The number of aromatic hydroxyl groups is 1. The number of carbonyl (C=O) groups is 1. The molecule has 0 aliphatic carbocycles. The normalized spacial score (nSPS) is 11.7. The van der Waals surface area contributed by atoms with Gasteiger partial charge in [0, 0.05) is 5.39 Å². The number of H-pyrrole nitrogens is 1. The number of sulfonamides is 1. The van der Waals surface area contributed by atoms with Gasteiger partial charge in [-0.15, -0.1) is 0 Å². The van der Waals surface area contributed by atoms with E-state index < -0.39 is 32.7 Å². The smallest absolute Gasteiger partial charge is 0.263 e. The number of hydrogen-bond donors (Lipinski definition) is 3. The number of pyridine rings is 1. The fraction of sp³-hybridized carbons (Fsp3) is 0.0909. The first-order chi connectivity index (χ1) is 8.73. The number of carbonyl (C=O) groups excluding carboxylic acids is 1. The molecule has 0 spiro atoms. The molecule has 0 unspecified atom stereocenters. The maximum atomic E-state index is 11.7. The van der Waals surface area contributed by atoms with Crippen LogP contribution in [0.2, 0.25) is 0 Å². The standard InChI is InChI=1S/C11H10N2O5S/c1-5(14)8-10(15)6-3-2-4-7(19(12,17)18)9(6)13-11(8)16/h2-4H,1H3,(H2,12,17,18)(H2,13,15,16). The Morgan fingerprint density at radius 3 is 2.53 bits per heavy atom. The fourth-order valence-electron chi connectivity index (χ4n) is 1.84. The molecule has 19 heavy (non-hydrogen) atoms. The number of para-hydroxylation sites is 1. The lowest BCUT2D eigenvalue weighted by Crippen LogP contribution is -2.19. The van der Waals surface area contributed by atoms with Crippen LogP contribution >= 0.6 is 0 Å². The molecule has 1 aromatic carbocycles. The molecule has 0 saturated heterocycles. The van der Waals surface area contributed by atoms with Crippen molar-refractivity contribution in [2.75, 3.05) is 0 Å². The highest BCUT2D eigenvalue weighted by Gasteiger charge is 2.20. The van der Waals surface area contributed by atoms with Crippen LogP contribution in [0.1, 0.15) is 17.3 Å². The molecule has 0 bridgehead atoms. The SMILES string of the molecule is CC(=O)c1c(O)c2cccc(S(N)(=O)=O)c2[nH]c1=O. The van der Waals surface area contributed by atoms with Crippen LogP contribution in [0.3, 0.4) is 0 Å². The lowest BCUT2D eigenvalue weighted by Gasteiger charge is -2.08. The number of fused-ring (bicyclic) bond motifs is 1. The number of aromatic nitrogens is 1. The third-order valence-electron chi connectivity index (χ3n) is 2.64. The number of nitrogens with one attached hydrogen (secondary N) is 1. The highest BCUT2D eigenvalue weighted by atomic mass is 32.2. The molecular weight excluding hydrogens is 272 g/mol. The third-order valence-corrected chi connectivity index (χ3v) is 3.60. The van der Waals surface area contributed by atoms with Crippen molar-refractivity contribution in [1.29, 1.82) is 0 Å². The van der Waals surface area contributed by atoms with E-state index in [1.165, 1.54) is 18.2 Å². The van der Waals surface area contributed by atoms with Crippen LogP contribution in [0.4, 0.5) is 0 Å². The Bertz CT molecular complexity index is 851. The molecule has 8 heteroatoms.